The Morgan fingerprint density at radius 1 is 1.36 bits per heavy atom. The first-order valence-electron chi connectivity index (χ1n) is 7.29. The molecule has 4 rings (SSSR count). The highest BCUT2D eigenvalue weighted by Crippen LogP contribution is 2.31. The zero-order valence-electron chi connectivity index (χ0n) is 12.7. The van der Waals surface area contributed by atoms with Gasteiger partial charge in [0.1, 0.15) is 5.82 Å². The maximum atomic E-state index is 13.8. The average Bonchev–Trinajstić information content (AvgIpc) is 3.20. The van der Waals surface area contributed by atoms with Crippen molar-refractivity contribution >= 4 is 48.8 Å². The second-order valence-electron chi connectivity index (χ2n) is 5.42. The Morgan fingerprint density at radius 3 is 2.92 bits per heavy atom. The van der Waals surface area contributed by atoms with Crippen LogP contribution in [0.5, 0.6) is 0 Å². The first-order chi connectivity index (χ1) is 11.9. The Morgan fingerprint density at radius 2 is 2.16 bits per heavy atom. The normalized spacial score (nSPS) is 12.4. The van der Waals surface area contributed by atoms with Crippen LogP contribution in [0.1, 0.15) is 5.56 Å². The van der Waals surface area contributed by atoms with E-state index in [-0.39, 0.29) is 15.7 Å². The third-order valence-corrected chi connectivity index (χ3v) is 6.74. The second-order valence-corrected chi connectivity index (χ2v) is 8.38. The molecular weight excluding hydrogens is 387 g/mol. The highest BCUT2D eigenvalue weighted by Gasteiger charge is 2.29. The summed E-state index contributed by atoms with van der Waals surface area (Å²) in [6, 6.07) is 4.04. The van der Waals surface area contributed by atoms with Gasteiger partial charge in [-0.2, -0.15) is 8.42 Å². The molecule has 0 unspecified atom stereocenters. The smallest absolute Gasteiger partial charge is 0.287 e. The van der Waals surface area contributed by atoms with Crippen LogP contribution in [0, 0.1) is 5.82 Å². The van der Waals surface area contributed by atoms with Gasteiger partial charge in [0, 0.05) is 23.2 Å². The Labute approximate surface area is 151 Å². The van der Waals surface area contributed by atoms with Gasteiger partial charge in [0.15, 0.2) is 10.1 Å². The van der Waals surface area contributed by atoms with E-state index in [4.69, 9.17) is 17.3 Å². The molecule has 0 radical (unpaired) electrons. The van der Waals surface area contributed by atoms with Gasteiger partial charge in [0.2, 0.25) is 5.03 Å². The Kier molecular flexibility index (Phi) is 3.84. The van der Waals surface area contributed by atoms with Crippen molar-refractivity contribution in [2.45, 2.75) is 11.4 Å². The third-order valence-electron chi connectivity index (χ3n) is 3.91. The van der Waals surface area contributed by atoms with E-state index in [1.807, 2.05) is 0 Å². The van der Waals surface area contributed by atoms with Gasteiger partial charge in [-0.3, -0.25) is 4.40 Å². The van der Waals surface area contributed by atoms with Crippen molar-refractivity contribution in [3.63, 3.8) is 0 Å². The first-order valence-corrected chi connectivity index (χ1v) is 9.99. The van der Waals surface area contributed by atoms with Gasteiger partial charge in [-0.1, -0.05) is 11.6 Å². The molecule has 4 aromatic rings. The summed E-state index contributed by atoms with van der Waals surface area (Å²) in [5.41, 5.74) is 6.58. The van der Waals surface area contributed by atoms with Crippen LogP contribution < -0.4 is 5.73 Å². The monoisotopic (exact) mass is 398 g/mol. The lowest BCUT2D eigenvalue weighted by molar-refractivity contribution is 0.584. The number of nitrogens with two attached hydrogens (primary N) is 1. The standard InChI is InChI=1S/C15H12ClFN4O2S2/c16-13-14(20-5-6-24-15(20)19-13)25(22,23)21-8-9(3-4-18)11-2-1-10(17)7-12(11)21/h1-2,5-8H,3-4,18H2. The molecule has 6 nitrogen and oxygen atoms in total. The summed E-state index contributed by atoms with van der Waals surface area (Å²) in [4.78, 5) is 4.53. The molecule has 0 bridgehead atoms. The minimum absolute atomic E-state index is 0.120. The molecule has 0 fully saturated rings. The fourth-order valence-corrected chi connectivity index (χ4v) is 5.66. The van der Waals surface area contributed by atoms with Gasteiger partial charge in [0.05, 0.1) is 5.52 Å². The molecule has 0 aliphatic rings. The number of halogens is 2. The molecular formula is C15H12ClFN4O2S2. The number of benzene rings is 1. The van der Waals surface area contributed by atoms with E-state index in [9.17, 15) is 12.8 Å². The zero-order chi connectivity index (χ0) is 17.8. The fourth-order valence-electron chi connectivity index (χ4n) is 2.86. The average molecular weight is 399 g/mol. The molecule has 0 saturated heterocycles. The number of fused-ring (bicyclic) bond motifs is 2. The van der Waals surface area contributed by atoms with Gasteiger partial charge in [0.25, 0.3) is 10.0 Å². The summed E-state index contributed by atoms with van der Waals surface area (Å²) in [6.45, 7) is 0.346. The number of hydrogen-bond acceptors (Lipinski definition) is 5. The number of hydrogen-bond donors (Lipinski definition) is 1. The Bertz CT molecular complexity index is 1210. The predicted octanol–water partition coefficient (Wildman–Crippen LogP) is 2.88. The maximum Gasteiger partial charge on any atom is 0.287 e. The Balaban J connectivity index is 2.04. The largest absolute Gasteiger partial charge is 0.330 e. The number of rotatable bonds is 4. The molecule has 3 aromatic heterocycles. The summed E-state index contributed by atoms with van der Waals surface area (Å²) in [5, 5.41) is 2.08. The van der Waals surface area contributed by atoms with Crippen molar-refractivity contribution in [3.8, 4) is 0 Å². The van der Waals surface area contributed by atoms with Crippen LogP contribution in [0.2, 0.25) is 5.15 Å². The van der Waals surface area contributed by atoms with Gasteiger partial charge in [-0.05, 0) is 36.7 Å². The summed E-state index contributed by atoms with van der Waals surface area (Å²) < 4.78 is 42.7. The lowest BCUT2D eigenvalue weighted by Crippen LogP contribution is -2.14. The first kappa shape index (κ1) is 16.5. The summed E-state index contributed by atoms with van der Waals surface area (Å²) in [6.07, 6.45) is 3.52. The molecule has 2 N–H and O–H groups in total. The SMILES string of the molecule is NCCc1cn(S(=O)(=O)c2c(Cl)nc3sccn23)c2cc(F)ccc12. The van der Waals surface area contributed by atoms with E-state index in [1.54, 1.807) is 17.6 Å². The lowest BCUT2D eigenvalue weighted by atomic mass is 10.1. The van der Waals surface area contributed by atoms with Crippen LogP contribution in [0.4, 0.5) is 4.39 Å². The molecule has 10 heteroatoms. The van der Waals surface area contributed by atoms with Crippen LogP contribution in [-0.2, 0) is 16.4 Å². The van der Waals surface area contributed by atoms with E-state index in [0.717, 1.165) is 9.54 Å². The zero-order valence-corrected chi connectivity index (χ0v) is 15.1. The molecule has 0 saturated carbocycles. The van der Waals surface area contributed by atoms with Crippen LogP contribution in [0.3, 0.4) is 0 Å². The molecule has 25 heavy (non-hydrogen) atoms. The van der Waals surface area contributed by atoms with E-state index >= 15 is 0 Å². The van der Waals surface area contributed by atoms with Crippen LogP contribution in [-0.4, -0.2) is 28.3 Å². The predicted molar refractivity (Wildman–Crippen MR) is 95.3 cm³/mol. The van der Waals surface area contributed by atoms with Gasteiger partial charge < -0.3 is 5.73 Å². The van der Waals surface area contributed by atoms with Gasteiger partial charge >= 0.3 is 0 Å². The van der Waals surface area contributed by atoms with E-state index in [2.05, 4.69) is 4.98 Å². The van der Waals surface area contributed by atoms with Crippen molar-refractivity contribution < 1.29 is 12.8 Å². The topological polar surface area (TPSA) is 82.4 Å². The number of thiazole rings is 1. The molecule has 0 spiro atoms. The van der Waals surface area contributed by atoms with E-state index < -0.39 is 15.8 Å². The van der Waals surface area contributed by atoms with Crippen molar-refractivity contribution in [2.24, 2.45) is 5.73 Å². The highest BCUT2D eigenvalue weighted by molar-refractivity contribution is 7.90. The number of nitrogens with zero attached hydrogens (tertiary/aromatic N) is 3. The Hall–Kier alpha value is -1.94. The van der Waals surface area contributed by atoms with Crippen molar-refractivity contribution in [1.29, 1.82) is 0 Å². The fraction of sp³-hybridized carbons (Fsp3) is 0.133. The lowest BCUT2D eigenvalue weighted by Gasteiger charge is -2.07. The van der Waals surface area contributed by atoms with Crippen LogP contribution in [0.15, 0.2) is 41.0 Å². The van der Waals surface area contributed by atoms with Crippen LogP contribution in [0.25, 0.3) is 15.9 Å². The summed E-state index contributed by atoms with van der Waals surface area (Å²) in [7, 11) is -4.08. The number of aromatic nitrogens is 3. The molecule has 130 valence electrons. The van der Waals surface area contributed by atoms with Gasteiger partial charge in [-0.25, -0.2) is 13.3 Å². The molecule has 0 aliphatic heterocycles. The quantitative estimate of drug-likeness (QED) is 0.573. The number of imidazole rings is 1. The molecule has 0 atom stereocenters. The third kappa shape index (κ3) is 2.46. The van der Waals surface area contributed by atoms with Gasteiger partial charge in [-0.15, -0.1) is 11.3 Å². The molecule has 3 heterocycles. The van der Waals surface area contributed by atoms with Crippen molar-refractivity contribution in [2.75, 3.05) is 6.54 Å². The molecule has 0 aliphatic carbocycles. The minimum Gasteiger partial charge on any atom is -0.330 e. The minimum atomic E-state index is -4.08. The van der Waals surface area contributed by atoms with Crippen molar-refractivity contribution in [1.82, 2.24) is 13.4 Å². The van der Waals surface area contributed by atoms with E-state index in [0.29, 0.717) is 23.3 Å². The molecule has 1 aromatic carbocycles. The highest BCUT2D eigenvalue weighted by atomic mass is 35.5. The molecule has 0 amide bonds. The van der Waals surface area contributed by atoms with E-state index in [1.165, 1.54) is 34.1 Å². The maximum absolute atomic E-state index is 13.8. The summed E-state index contributed by atoms with van der Waals surface area (Å²) >= 11 is 7.35. The second kappa shape index (κ2) is 5.80. The summed E-state index contributed by atoms with van der Waals surface area (Å²) in [5.74, 6) is -0.526. The van der Waals surface area contributed by atoms with Crippen LogP contribution >= 0.6 is 22.9 Å². The van der Waals surface area contributed by atoms with Crippen molar-refractivity contribution in [3.05, 3.63) is 52.5 Å².